The van der Waals surface area contributed by atoms with Gasteiger partial charge in [0.25, 0.3) is 5.91 Å². The second-order valence-electron chi connectivity index (χ2n) is 11.6. The minimum Gasteiger partial charge on any atom is -0.481 e. The van der Waals surface area contributed by atoms with Crippen molar-refractivity contribution in [2.45, 2.75) is 77.8 Å². The number of benzene rings is 2. The zero-order valence-electron chi connectivity index (χ0n) is 22.5. The highest BCUT2D eigenvalue weighted by Crippen LogP contribution is 2.46. The van der Waals surface area contributed by atoms with Gasteiger partial charge in [0.05, 0.1) is 5.02 Å². The summed E-state index contributed by atoms with van der Waals surface area (Å²) in [5.41, 5.74) is 2.42. The van der Waals surface area contributed by atoms with Crippen LogP contribution in [-0.4, -0.2) is 45.6 Å². The molecule has 6 nitrogen and oxygen atoms in total. The van der Waals surface area contributed by atoms with E-state index >= 15 is 0 Å². The van der Waals surface area contributed by atoms with Crippen molar-refractivity contribution in [3.63, 3.8) is 0 Å². The van der Waals surface area contributed by atoms with E-state index in [1.54, 1.807) is 18.2 Å². The van der Waals surface area contributed by atoms with E-state index in [0.717, 1.165) is 31.2 Å². The van der Waals surface area contributed by atoms with Gasteiger partial charge in [0.2, 0.25) is 0 Å². The van der Waals surface area contributed by atoms with Crippen molar-refractivity contribution in [3.8, 4) is 0 Å². The molecule has 1 spiro atoms. The first-order valence-corrected chi connectivity index (χ1v) is 13.9. The van der Waals surface area contributed by atoms with Gasteiger partial charge >= 0.3 is 5.97 Å². The number of ketones is 1. The van der Waals surface area contributed by atoms with E-state index in [-0.39, 0.29) is 29.9 Å². The molecule has 0 unspecified atom stereocenters. The summed E-state index contributed by atoms with van der Waals surface area (Å²) in [6, 6.07) is 14.8. The average Bonchev–Trinajstić information content (AvgIpc) is 3.13. The summed E-state index contributed by atoms with van der Waals surface area (Å²) in [6.45, 7) is 7.38. The van der Waals surface area contributed by atoms with Crippen LogP contribution in [0, 0.1) is 11.3 Å². The van der Waals surface area contributed by atoms with Gasteiger partial charge in [0, 0.05) is 30.5 Å². The lowest BCUT2D eigenvalue weighted by Gasteiger charge is -2.45. The number of rotatable bonds is 9. The van der Waals surface area contributed by atoms with Crippen LogP contribution < -0.4 is 0 Å². The maximum Gasteiger partial charge on any atom is 0.303 e. The van der Waals surface area contributed by atoms with Crippen LogP contribution in [-0.2, 0) is 16.0 Å². The normalized spacial score (nSPS) is 21.6. The van der Waals surface area contributed by atoms with E-state index in [9.17, 15) is 14.4 Å². The molecule has 202 valence electrons. The number of aliphatic carboxylic acids is 1. The minimum absolute atomic E-state index is 0.00973. The maximum atomic E-state index is 13.8. The second kappa shape index (κ2) is 11.4. The van der Waals surface area contributed by atoms with Crippen molar-refractivity contribution < 1.29 is 19.5 Å². The fourth-order valence-corrected chi connectivity index (χ4v) is 5.97. The maximum absolute atomic E-state index is 13.8. The molecule has 1 heterocycles. The summed E-state index contributed by atoms with van der Waals surface area (Å²) in [6.07, 6.45) is 4.89. The molecular formula is C31H37ClN2O4. The molecule has 0 atom stereocenters. The third-order valence-corrected chi connectivity index (χ3v) is 8.43. The van der Waals surface area contributed by atoms with Crippen molar-refractivity contribution in [1.82, 2.24) is 4.90 Å². The number of hydrogen-bond acceptors (Lipinski definition) is 4. The predicted molar refractivity (Wildman–Crippen MR) is 150 cm³/mol. The minimum atomic E-state index is -0.893. The molecule has 1 saturated carbocycles. The predicted octanol–water partition coefficient (Wildman–Crippen LogP) is 6.58. The SMILES string of the molecule is CC(C)(C)C1CCC2(CC1)N=C(c1ccccc1Cl)C(=O)N2CCc1ccc(C(=O)CCCC(=O)O)cc1. The highest BCUT2D eigenvalue weighted by Gasteiger charge is 2.50. The fourth-order valence-electron chi connectivity index (χ4n) is 5.74. The van der Waals surface area contributed by atoms with Gasteiger partial charge in [0.15, 0.2) is 5.78 Å². The number of Topliss-reactive ketones (excluding diaryl/α,β-unsaturated/α-hetero) is 1. The first-order chi connectivity index (χ1) is 18.0. The molecule has 1 aliphatic carbocycles. The number of carboxylic acid groups (broad SMARTS) is 1. The molecule has 2 aromatic carbocycles. The van der Waals surface area contributed by atoms with Gasteiger partial charge in [-0.2, -0.15) is 0 Å². The van der Waals surface area contributed by atoms with Crippen molar-refractivity contribution in [3.05, 3.63) is 70.2 Å². The Morgan fingerprint density at radius 1 is 1.05 bits per heavy atom. The Hall–Kier alpha value is -2.99. The van der Waals surface area contributed by atoms with Crippen LogP contribution in [0.4, 0.5) is 0 Å². The van der Waals surface area contributed by atoms with E-state index in [4.69, 9.17) is 21.7 Å². The summed E-state index contributed by atoms with van der Waals surface area (Å²) in [5, 5.41) is 9.31. The van der Waals surface area contributed by atoms with E-state index in [1.165, 1.54) is 0 Å². The van der Waals surface area contributed by atoms with Crippen LogP contribution in [0.5, 0.6) is 0 Å². The summed E-state index contributed by atoms with van der Waals surface area (Å²) in [5.74, 6) is -0.432. The number of carbonyl (C=O) groups excluding carboxylic acids is 2. The lowest BCUT2D eigenvalue weighted by molar-refractivity contribution is -0.137. The molecule has 0 saturated heterocycles. The van der Waals surface area contributed by atoms with E-state index in [1.807, 2.05) is 35.2 Å². The molecule has 1 N–H and O–H groups in total. The van der Waals surface area contributed by atoms with Crippen LogP contribution in [0.25, 0.3) is 0 Å². The topological polar surface area (TPSA) is 87.0 Å². The Kier molecular flexibility index (Phi) is 8.41. The van der Waals surface area contributed by atoms with E-state index in [2.05, 4.69) is 20.8 Å². The highest BCUT2D eigenvalue weighted by molar-refractivity contribution is 6.50. The van der Waals surface area contributed by atoms with Gasteiger partial charge in [-0.1, -0.05) is 74.8 Å². The Morgan fingerprint density at radius 2 is 1.71 bits per heavy atom. The van der Waals surface area contributed by atoms with Gasteiger partial charge < -0.3 is 10.0 Å². The lowest BCUT2D eigenvalue weighted by Crippen LogP contribution is -2.50. The number of carboxylic acids is 1. The summed E-state index contributed by atoms with van der Waals surface area (Å²) in [4.78, 5) is 43.9. The molecule has 1 aliphatic heterocycles. The van der Waals surface area contributed by atoms with Crippen LogP contribution >= 0.6 is 11.6 Å². The number of amides is 1. The number of hydrogen-bond donors (Lipinski definition) is 1. The molecule has 1 fully saturated rings. The molecule has 2 aliphatic rings. The number of carbonyl (C=O) groups is 3. The molecule has 0 bridgehead atoms. The third kappa shape index (κ3) is 6.17. The number of nitrogens with zero attached hydrogens (tertiary/aromatic N) is 2. The zero-order chi connectivity index (χ0) is 27.5. The molecule has 1 amide bonds. The summed E-state index contributed by atoms with van der Waals surface area (Å²) in [7, 11) is 0. The van der Waals surface area contributed by atoms with Gasteiger partial charge in [-0.15, -0.1) is 0 Å². The molecule has 4 rings (SSSR count). The van der Waals surface area contributed by atoms with Crippen molar-refractivity contribution in [2.24, 2.45) is 16.3 Å². The number of aliphatic imine (C=N–C) groups is 1. The third-order valence-electron chi connectivity index (χ3n) is 8.10. The summed E-state index contributed by atoms with van der Waals surface area (Å²) < 4.78 is 0. The van der Waals surface area contributed by atoms with Crippen LogP contribution in [0.3, 0.4) is 0 Å². The van der Waals surface area contributed by atoms with Gasteiger partial charge in [-0.3, -0.25) is 19.4 Å². The first kappa shape index (κ1) is 28.0. The molecule has 38 heavy (non-hydrogen) atoms. The largest absolute Gasteiger partial charge is 0.481 e. The Labute approximate surface area is 230 Å². The van der Waals surface area contributed by atoms with Gasteiger partial charge in [0.1, 0.15) is 11.4 Å². The molecular weight excluding hydrogens is 500 g/mol. The Balaban J connectivity index is 1.50. The van der Waals surface area contributed by atoms with Gasteiger partial charge in [-0.05, 0) is 61.5 Å². The quantitative estimate of drug-likeness (QED) is 0.366. The molecule has 0 aromatic heterocycles. The molecule has 7 heteroatoms. The van der Waals surface area contributed by atoms with Crippen LogP contribution in [0.15, 0.2) is 53.5 Å². The van der Waals surface area contributed by atoms with Crippen molar-refractivity contribution in [1.29, 1.82) is 0 Å². The molecule has 2 aromatic rings. The first-order valence-electron chi connectivity index (χ1n) is 13.5. The summed E-state index contributed by atoms with van der Waals surface area (Å²) >= 11 is 6.48. The van der Waals surface area contributed by atoms with Crippen molar-refractivity contribution >= 4 is 35.0 Å². The molecule has 0 radical (unpaired) electrons. The Bertz CT molecular complexity index is 1220. The standard InChI is InChI=1S/C31H37ClN2O4/c1-30(2,3)23-15-18-31(19-16-23)33-28(24-7-4-5-8-25(24)32)29(38)34(31)20-17-21-11-13-22(14-12-21)26(35)9-6-10-27(36)37/h4-5,7-8,11-14,23H,6,9-10,15-20H2,1-3H3,(H,36,37). The van der Waals surface area contributed by atoms with Gasteiger partial charge in [-0.25, -0.2) is 0 Å². The van der Waals surface area contributed by atoms with Crippen LogP contribution in [0.2, 0.25) is 5.02 Å². The number of halogens is 1. The fraction of sp³-hybridized carbons (Fsp3) is 0.484. The highest BCUT2D eigenvalue weighted by atomic mass is 35.5. The van der Waals surface area contributed by atoms with Crippen LogP contribution in [0.1, 0.15) is 87.2 Å². The zero-order valence-corrected chi connectivity index (χ0v) is 23.3. The second-order valence-corrected chi connectivity index (χ2v) is 12.0. The lowest BCUT2D eigenvalue weighted by atomic mass is 9.69. The average molecular weight is 537 g/mol. The monoisotopic (exact) mass is 536 g/mol. The van der Waals surface area contributed by atoms with E-state index < -0.39 is 11.6 Å². The van der Waals surface area contributed by atoms with E-state index in [0.29, 0.717) is 47.2 Å². The smallest absolute Gasteiger partial charge is 0.303 e. The Morgan fingerprint density at radius 3 is 2.32 bits per heavy atom. The van der Waals surface area contributed by atoms with Crippen molar-refractivity contribution in [2.75, 3.05) is 6.54 Å².